The Bertz CT molecular complexity index is 965. The summed E-state index contributed by atoms with van der Waals surface area (Å²) in [5.74, 6) is 0.928. The fourth-order valence-electron chi connectivity index (χ4n) is 3.64. The van der Waals surface area contributed by atoms with Gasteiger partial charge in [-0.05, 0) is 45.4 Å². The molecule has 0 saturated carbocycles. The molecule has 0 aliphatic heterocycles. The van der Waals surface area contributed by atoms with E-state index in [1.807, 2.05) is 20.8 Å². The van der Waals surface area contributed by atoms with E-state index in [1.54, 1.807) is 6.07 Å². The predicted octanol–water partition coefficient (Wildman–Crippen LogP) is 5.52. The lowest BCUT2D eigenvalue weighted by molar-refractivity contribution is 0.546. The lowest BCUT2D eigenvalue weighted by Gasteiger charge is -2.07. The Morgan fingerprint density at radius 3 is 2.42 bits per heavy atom. The van der Waals surface area contributed by atoms with Crippen LogP contribution in [-0.2, 0) is 6.54 Å². The minimum Gasteiger partial charge on any atom is -0.461 e. The molecule has 0 saturated heterocycles. The number of rotatable bonds is 8. The lowest BCUT2D eigenvalue weighted by atomic mass is 10.0. The average molecular weight is 355 g/mol. The second-order valence-electron chi connectivity index (χ2n) is 7.23. The largest absolute Gasteiger partial charge is 0.461 e. The lowest BCUT2D eigenvalue weighted by Crippen LogP contribution is -2.15. The van der Waals surface area contributed by atoms with Crippen LogP contribution in [0.25, 0.3) is 21.9 Å². The molecule has 140 valence electrons. The van der Waals surface area contributed by atoms with E-state index in [2.05, 4.69) is 18.3 Å². The number of unbranched alkanes of at least 4 members (excludes halogenated alkanes) is 4. The molecule has 26 heavy (non-hydrogen) atoms. The minimum absolute atomic E-state index is 0.314. The normalized spacial score (nSPS) is 11.7. The molecule has 2 heterocycles. The fraction of sp³-hybridized carbons (Fsp3) is 0.500. The summed E-state index contributed by atoms with van der Waals surface area (Å²) >= 11 is 0. The van der Waals surface area contributed by atoms with Crippen molar-refractivity contribution < 1.29 is 8.83 Å². The number of benzene rings is 1. The van der Waals surface area contributed by atoms with Crippen LogP contribution in [0.3, 0.4) is 0 Å². The molecule has 0 aliphatic rings. The molecule has 3 rings (SSSR count). The maximum Gasteiger partial charge on any atom is 0.336 e. The van der Waals surface area contributed by atoms with Crippen molar-refractivity contribution in [1.29, 1.82) is 0 Å². The smallest absolute Gasteiger partial charge is 0.336 e. The van der Waals surface area contributed by atoms with Crippen LogP contribution in [0.2, 0.25) is 0 Å². The first-order chi connectivity index (χ1) is 12.5. The van der Waals surface area contributed by atoms with Crippen molar-refractivity contribution in [2.24, 2.45) is 0 Å². The molecule has 0 aliphatic carbocycles. The van der Waals surface area contributed by atoms with E-state index in [-0.39, 0.29) is 5.63 Å². The molecule has 4 nitrogen and oxygen atoms in total. The summed E-state index contributed by atoms with van der Waals surface area (Å²) in [4.78, 5) is 11.7. The Balaban J connectivity index is 1.85. The summed E-state index contributed by atoms with van der Waals surface area (Å²) in [5, 5.41) is 5.65. The summed E-state index contributed by atoms with van der Waals surface area (Å²) < 4.78 is 11.5. The van der Waals surface area contributed by atoms with E-state index < -0.39 is 0 Å². The molecular formula is C22H29NO3. The molecule has 0 unspecified atom stereocenters. The van der Waals surface area contributed by atoms with Crippen molar-refractivity contribution in [2.45, 2.75) is 66.3 Å². The van der Waals surface area contributed by atoms with Crippen molar-refractivity contribution in [3.8, 4) is 0 Å². The van der Waals surface area contributed by atoms with Gasteiger partial charge in [0.2, 0.25) is 0 Å². The Kier molecular flexibility index (Phi) is 5.82. The zero-order chi connectivity index (χ0) is 18.7. The zero-order valence-electron chi connectivity index (χ0n) is 16.3. The molecule has 0 radical (unpaired) electrons. The second-order valence-corrected chi connectivity index (χ2v) is 7.23. The molecule has 1 N–H and O–H groups in total. The third-order valence-corrected chi connectivity index (χ3v) is 5.19. The number of fused-ring (bicyclic) bond motifs is 2. The first kappa shape index (κ1) is 18.7. The van der Waals surface area contributed by atoms with E-state index in [9.17, 15) is 4.79 Å². The van der Waals surface area contributed by atoms with Gasteiger partial charge in [-0.15, -0.1) is 0 Å². The molecule has 4 heteroatoms. The molecule has 0 bridgehead atoms. The Hall–Kier alpha value is -2.07. The van der Waals surface area contributed by atoms with Gasteiger partial charge in [-0.2, -0.15) is 0 Å². The summed E-state index contributed by atoms with van der Waals surface area (Å²) in [6.07, 6.45) is 6.42. The highest BCUT2D eigenvalue weighted by atomic mass is 16.4. The molecule has 0 atom stereocenters. The van der Waals surface area contributed by atoms with Gasteiger partial charge in [0.15, 0.2) is 0 Å². The van der Waals surface area contributed by atoms with E-state index in [1.165, 1.54) is 37.7 Å². The Morgan fingerprint density at radius 2 is 1.65 bits per heavy atom. The van der Waals surface area contributed by atoms with Crippen LogP contribution in [0.1, 0.15) is 61.5 Å². The average Bonchev–Trinajstić information content (AvgIpc) is 2.91. The van der Waals surface area contributed by atoms with Crippen LogP contribution in [0.15, 0.2) is 25.8 Å². The molecule has 1 aromatic carbocycles. The van der Waals surface area contributed by atoms with Crippen molar-refractivity contribution in [1.82, 2.24) is 5.32 Å². The summed E-state index contributed by atoms with van der Waals surface area (Å²) in [6.45, 7) is 9.98. The molecule has 0 spiro atoms. The van der Waals surface area contributed by atoms with Gasteiger partial charge >= 0.3 is 5.63 Å². The van der Waals surface area contributed by atoms with Crippen LogP contribution in [-0.4, -0.2) is 6.54 Å². The Labute approximate surface area is 154 Å². The predicted molar refractivity (Wildman–Crippen MR) is 107 cm³/mol. The number of nitrogens with one attached hydrogen (secondary N) is 1. The van der Waals surface area contributed by atoms with Gasteiger partial charge in [-0.1, -0.05) is 32.6 Å². The summed E-state index contributed by atoms with van der Waals surface area (Å²) in [6, 6.07) is 3.65. The highest BCUT2D eigenvalue weighted by Crippen LogP contribution is 2.34. The highest BCUT2D eigenvalue weighted by molar-refractivity contribution is 5.99. The van der Waals surface area contributed by atoms with Crippen LogP contribution < -0.4 is 10.9 Å². The number of hydrogen-bond donors (Lipinski definition) is 1. The molecule has 2 aromatic heterocycles. The van der Waals surface area contributed by atoms with Gasteiger partial charge in [0, 0.05) is 34.5 Å². The SMILES string of the molecule is CCCCCCCNCc1c(C)oc2c(C)c3oc(=O)cc(C)c3cc12. The quantitative estimate of drug-likeness (QED) is 0.427. The van der Waals surface area contributed by atoms with Crippen LogP contribution in [0.4, 0.5) is 0 Å². The number of aryl methyl sites for hydroxylation is 3. The van der Waals surface area contributed by atoms with Crippen LogP contribution >= 0.6 is 0 Å². The second kappa shape index (κ2) is 8.09. The van der Waals surface area contributed by atoms with Gasteiger partial charge in [-0.25, -0.2) is 4.79 Å². The minimum atomic E-state index is -0.314. The van der Waals surface area contributed by atoms with Crippen molar-refractivity contribution >= 4 is 21.9 Å². The maximum absolute atomic E-state index is 11.7. The molecule has 0 fully saturated rings. The number of hydrogen-bond acceptors (Lipinski definition) is 4. The maximum atomic E-state index is 11.7. The first-order valence-electron chi connectivity index (χ1n) is 9.69. The molecule has 0 amide bonds. The summed E-state index contributed by atoms with van der Waals surface area (Å²) in [5.41, 5.74) is 4.17. The monoisotopic (exact) mass is 355 g/mol. The third kappa shape index (κ3) is 3.70. The fourth-order valence-corrected chi connectivity index (χ4v) is 3.64. The molecular weight excluding hydrogens is 326 g/mol. The van der Waals surface area contributed by atoms with E-state index in [0.29, 0.717) is 5.58 Å². The van der Waals surface area contributed by atoms with Crippen molar-refractivity contribution in [3.05, 3.63) is 45.0 Å². The van der Waals surface area contributed by atoms with Gasteiger partial charge in [0.1, 0.15) is 16.9 Å². The summed E-state index contributed by atoms with van der Waals surface area (Å²) in [7, 11) is 0. The highest BCUT2D eigenvalue weighted by Gasteiger charge is 2.17. The van der Waals surface area contributed by atoms with E-state index in [4.69, 9.17) is 8.83 Å². The first-order valence-corrected chi connectivity index (χ1v) is 9.69. The Morgan fingerprint density at radius 1 is 0.923 bits per heavy atom. The van der Waals surface area contributed by atoms with Crippen molar-refractivity contribution in [3.63, 3.8) is 0 Å². The van der Waals surface area contributed by atoms with Gasteiger partial charge in [0.05, 0.1) is 0 Å². The van der Waals surface area contributed by atoms with E-state index >= 15 is 0 Å². The third-order valence-electron chi connectivity index (χ3n) is 5.19. The number of furan rings is 1. The van der Waals surface area contributed by atoms with Gasteiger partial charge < -0.3 is 14.2 Å². The topological polar surface area (TPSA) is 55.4 Å². The van der Waals surface area contributed by atoms with Crippen molar-refractivity contribution in [2.75, 3.05) is 6.54 Å². The van der Waals surface area contributed by atoms with Crippen LogP contribution in [0, 0.1) is 20.8 Å². The standard InChI is InChI=1S/C22H29NO3/c1-5-6-7-8-9-10-23-13-19-16(4)25-22-15(3)21-17(12-18(19)22)14(2)11-20(24)26-21/h11-12,23H,5-10,13H2,1-4H3. The molecule has 3 aromatic rings. The zero-order valence-corrected chi connectivity index (χ0v) is 16.3. The van der Waals surface area contributed by atoms with Crippen LogP contribution in [0.5, 0.6) is 0 Å². The van der Waals surface area contributed by atoms with Gasteiger partial charge in [0.25, 0.3) is 0 Å². The van der Waals surface area contributed by atoms with E-state index in [0.717, 1.165) is 46.3 Å². The van der Waals surface area contributed by atoms with Gasteiger partial charge in [-0.3, -0.25) is 0 Å².